The lowest BCUT2D eigenvalue weighted by molar-refractivity contribution is -0.154. The van der Waals surface area contributed by atoms with Crippen molar-refractivity contribution in [3.63, 3.8) is 0 Å². The van der Waals surface area contributed by atoms with Crippen molar-refractivity contribution in [2.24, 2.45) is 40.7 Å². The monoisotopic (exact) mass is 1980 g/mol. The van der Waals surface area contributed by atoms with Crippen LogP contribution in [0.5, 0.6) is 0 Å². The number of guanidine groups is 1. The van der Waals surface area contributed by atoms with E-state index in [1.165, 1.54) is 36.3 Å². The highest BCUT2D eigenvalue weighted by Gasteiger charge is 2.52. The average Bonchev–Trinajstić information content (AvgIpc) is 1.63. The predicted molar refractivity (Wildman–Crippen MR) is 492 cm³/mol. The first-order valence-electron chi connectivity index (χ1n) is 48.3. The Morgan fingerprint density at radius 2 is 0.671 bits per heavy atom. The molecule has 7 rings (SSSR count). The summed E-state index contributed by atoms with van der Waals surface area (Å²) in [7, 11) is 0. The van der Waals surface area contributed by atoms with E-state index in [0.717, 1.165) is 4.90 Å². The van der Waals surface area contributed by atoms with E-state index in [4.69, 9.17) is 28.3 Å². The molecule has 0 spiro atoms. The number of amides is 18. The predicted octanol–water partition coefficient (Wildman–Crippen LogP) is -6.10. The highest BCUT2D eigenvalue weighted by Crippen LogP contribution is 2.34. The van der Waals surface area contributed by atoms with E-state index < -0.39 is 308 Å². The molecule has 20 atom stereocenters. The number of hydrogen-bond acceptors (Lipinski definition) is 26. The first-order chi connectivity index (χ1) is 66.2. The van der Waals surface area contributed by atoms with Crippen molar-refractivity contribution >= 4 is 142 Å². The number of nitrogens with zero attached hydrogens (tertiary/aromatic N) is 7. The fourth-order valence-corrected chi connectivity index (χ4v) is 18.7. The van der Waals surface area contributed by atoms with Crippen molar-refractivity contribution in [2.75, 3.05) is 58.9 Å². The van der Waals surface area contributed by atoms with Crippen molar-refractivity contribution < 1.29 is 136 Å². The highest BCUT2D eigenvalue weighted by molar-refractivity contribution is 6.03. The molecule has 780 valence electrons. The number of nitrogens with one attached hydrogen (secondary N) is 12. The summed E-state index contributed by atoms with van der Waals surface area (Å²) in [6, 6.07) is -25.6. The molecule has 0 aromatic carbocycles. The first-order valence-corrected chi connectivity index (χ1v) is 48.3. The molecule has 0 unspecified atom stereocenters. The Kier molecular flexibility index (Phi) is 43.9. The van der Waals surface area contributed by atoms with E-state index in [1.807, 2.05) is 0 Å². The zero-order chi connectivity index (χ0) is 104. The van der Waals surface area contributed by atoms with Gasteiger partial charge in [-0.2, -0.15) is 0 Å². The Labute approximate surface area is 809 Å². The average molecular weight is 1980 g/mol. The normalized spacial score (nSPS) is 21.7. The van der Waals surface area contributed by atoms with Gasteiger partial charge < -0.3 is 141 Å². The molecule has 0 bridgehead atoms. The molecule has 51 nitrogen and oxygen atoms in total. The van der Waals surface area contributed by atoms with Crippen LogP contribution in [-0.2, 0) is 110 Å². The second kappa shape index (κ2) is 54.0. The third kappa shape index (κ3) is 31.5. The number of unbranched alkanes of at least 4 members (excludes halogenated alkanes) is 1. The lowest BCUT2D eigenvalue weighted by atomic mass is 9.95. The molecule has 7 saturated heterocycles. The molecule has 7 fully saturated rings. The molecule has 0 aromatic rings. The number of carboxylic acid groups (broad SMARTS) is 5. The number of rotatable bonds is 53. The van der Waals surface area contributed by atoms with E-state index in [-0.39, 0.29) is 155 Å². The molecular weight excluding hydrogens is 1840 g/mol. The summed E-state index contributed by atoms with van der Waals surface area (Å²) in [5.41, 5.74) is 22.5. The SMILES string of the molecule is CC[C@H](C)[C@H](N)C(=O)N[C@@H](CCC(=O)O)C(=O)N[C@@H](CC(=O)O)C(=O)N1CCC[C@H]1C(=O)N[C@@H](CC(=O)O)C(=O)N[C@@H](C)C(=O)N1CCC[C@H]1C(=O)N1CCC[C@H]1C(=O)N1CCC[C@H]1C(=O)N1CCC[C@H]1C(=O)N1CCC[C@H]1C(=O)N1CCC[C@H]1C(=O)N[C@@H](CCCNC(=N)N)C(=O)N[C@@H](CCC(=O)O)C(=O)N[C@H](C(=O)N[C@H](C(=O)N[C@@H](CCCCN)C(=O)N[C@@H](CC(N)=O)C(=O)O)[C@@H](C)CC)C(C)C. The third-order valence-electron chi connectivity index (χ3n) is 26.9. The van der Waals surface area contributed by atoms with Crippen molar-refractivity contribution in [3.05, 3.63) is 0 Å². The quantitative estimate of drug-likeness (QED) is 0.0153. The summed E-state index contributed by atoms with van der Waals surface area (Å²) >= 11 is 0. The summed E-state index contributed by atoms with van der Waals surface area (Å²) in [6.07, 6.45) is -1.24. The van der Waals surface area contributed by atoms with Gasteiger partial charge in [0.1, 0.15) is 103 Å². The van der Waals surface area contributed by atoms with Crippen LogP contribution in [0.4, 0.5) is 0 Å². The molecule has 140 heavy (non-hydrogen) atoms. The minimum atomic E-state index is -1.91. The zero-order valence-corrected chi connectivity index (χ0v) is 80.4. The van der Waals surface area contributed by atoms with Crippen LogP contribution < -0.4 is 81.4 Å². The maximum absolute atomic E-state index is 15.1. The summed E-state index contributed by atoms with van der Waals surface area (Å²) in [6.45, 7) is 11.5. The molecule has 0 aromatic heterocycles. The maximum atomic E-state index is 15.1. The molecule has 7 aliphatic rings. The molecule has 0 radical (unpaired) electrons. The Morgan fingerprint density at radius 3 is 1.08 bits per heavy atom. The number of carboxylic acids is 5. The van der Waals surface area contributed by atoms with Crippen LogP contribution >= 0.6 is 0 Å². The van der Waals surface area contributed by atoms with E-state index in [9.17, 15) is 117 Å². The molecule has 7 aliphatic heterocycles. The Balaban J connectivity index is 0.980. The molecular formula is C89H141N23O28. The molecule has 18 amide bonds. The molecule has 25 N–H and O–H groups in total. The minimum absolute atomic E-state index is 0.000110. The lowest BCUT2D eigenvalue weighted by Gasteiger charge is -2.37. The van der Waals surface area contributed by atoms with Gasteiger partial charge in [-0.15, -0.1) is 0 Å². The third-order valence-corrected chi connectivity index (χ3v) is 26.9. The van der Waals surface area contributed by atoms with Gasteiger partial charge in [0, 0.05) is 65.2 Å². The Hall–Kier alpha value is -13.0. The minimum Gasteiger partial charge on any atom is -0.481 e. The number of nitrogens with two attached hydrogens (primary N) is 4. The van der Waals surface area contributed by atoms with Gasteiger partial charge >= 0.3 is 29.8 Å². The highest BCUT2D eigenvalue weighted by atomic mass is 16.4. The smallest absolute Gasteiger partial charge is 0.326 e. The van der Waals surface area contributed by atoms with Crippen LogP contribution in [-0.4, -0.2) is 370 Å². The van der Waals surface area contributed by atoms with Gasteiger partial charge in [-0.25, -0.2) is 4.79 Å². The van der Waals surface area contributed by atoms with Gasteiger partial charge in [-0.3, -0.25) is 111 Å². The summed E-state index contributed by atoms with van der Waals surface area (Å²) in [5.74, 6) is -25.4. The van der Waals surface area contributed by atoms with Gasteiger partial charge in [0.2, 0.25) is 106 Å². The zero-order valence-electron chi connectivity index (χ0n) is 80.4. The number of primary amides is 1. The maximum Gasteiger partial charge on any atom is 0.326 e. The number of likely N-dealkylation sites (tertiary alicyclic amines) is 7. The van der Waals surface area contributed by atoms with E-state index in [1.54, 1.807) is 41.5 Å². The lowest BCUT2D eigenvalue weighted by Crippen LogP contribution is -2.61. The van der Waals surface area contributed by atoms with E-state index in [0.29, 0.717) is 44.9 Å². The summed E-state index contributed by atoms with van der Waals surface area (Å²) < 4.78 is 0. The Bertz CT molecular complexity index is 4560. The molecule has 51 heteroatoms. The van der Waals surface area contributed by atoms with Gasteiger partial charge in [-0.1, -0.05) is 54.4 Å². The van der Waals surface area contributed by atoms with Crippen molar-refractivity contribution in [2.45, 2.75) is 337 Å². The van der Waals surface area contributed by atoms with Crippen LogP contribution in [0.1, 0.15) is 228 Å². The fraction of sp³-hybridized carbons (Fsp3) is 0.730. The largest absolute Gasteiger partial charge is 0.481 e. The van der Waals surface area contributed by atoms with Crippen LogP contribution in [0.2, 0.25) is 0 Å². The summed E-state index contributed by atoms with van der Waals surface area (Å²) in [4.78, 5) is 326. The topological polar surface area (TPSA) is 777 Å². The van der Waals surface area contributed by atoms with Gasteiger partial charge in [0.05, 0.1) is 25.3 Å². The first kappa shape index (κ1) is 114. The number of aliphatic carboxylic acids is 5. The second-order valence-electron chi connectivity index (χ2n) is 37.3. The number of carbonyl (C=O) groups excluding carboxylic acids is 18. The second-order valence-corrected chi connectivity index (χ2v) is 37.3. The van der Waals surface area contributed by atoms with Crippen molar-refractivity contribution in [1.29, 1.82) is 5.41 Å². The molecule has 0 aliphatic carbocycles. The van der Waals surface area contributed by atoms with Crippen molar-refractivity contribution in [1.82, 2.24) is 92.8 Å². The van der Waals surface area contributed by atoms with Gasteiger partial charge in [0.15, 0.2) is 5.96 Å². The number of carbonyl (C=O) groups is 23. The number of hydrogen-bond donors (Lipinski definition) is 21. The van der Waals surface area contributed by atoms with Crippen molar-refractivity contribution in [3.8, 4) is 0 Å². The molecule has 0 saturated carbocycles. The fourth-order valence-electron chi connectivity index (χ4n) is 18.7. The van der Waals surface area contributed by atoms with Crippen LogP contribution in [0.3, 0.4) is 0 Å². The standard InChI is InChI=1S/C89H141N23O28/c1-8-46(5)68(92)78(129)99-51(29-31-64(114)115)73(124)102-54(44-67(120)121)82(133)106-35-13-22-56(106)77(128)101-53(43-66(118)119)75(126)96-48(7)81(132)108-37-15-24-58(108)84(135)110-39-17-26-60(110)86(137)112-41-19-28-62(112)87(138)111-40-18-27-61(111)85(136)109-38-16-25-59(109)83(134)107-36-14-23-57(107)76(127)98-50(21-12-34-95-89(93)94)71(122)97-52(30-32-65(116)117)74(125)104-69(45(3)4)79(130)105-70(47(6)9-2)80(131)100-49(20-10-11-33-90)72(123)103-55(88(139)140)42-63(91)113/h45-62,68-70H,8-44,90,92H2,1-7H3,(H2,91,113)(H,96,126)(H,97,122)(H,98,127)(H,99,129)(H,100,131)(H,101,128)(H,102,124)(H,103,123)(H,104,125)(H,105,130)(H,114,115)(H,116,117)(H,118,119)(H,120,121)(H,139,140)(H4,93,94,95)/t46-,47-,48-,49-,50-,51-,52-,53-,54-,55-,56-,57-,58-,59-,60-,61-,62-,68-,69-,70-/m0/s1. The molecule has 7 heterocycles. The van der Waals surface area contributed by atoms with E-state index >= 15 is 19.2 Å². The van der Waals surface area contributed by atoms with Crippen LogP contribution in [0, 0.1) is 23.2 Å². The summed E-state index contributed by atoms with van der Waals surface area (Å²) in [5, 5.41) is 83.7. The van der Waals surface area contributed by atoms with Crippen LogP contribution in [0.25, 0.3) is 0 Å². The van der Waals surface area contributed by atoms with Crippen LogP contribution in [0.15, 0.2) is 0 Å². The van der Waals surface area contributed by atoms with Gasteiger partial charge in [0.25, 0.3) is 0 Å². The van der Waals surface area contributed by atoms with Gasteiger partial charge in [-0.05, 0) is 166 Å². The van der Waals surface area contributed by atoms with E-state index in [2.05, 4.69) is 58.5 Å². The Morgan fingerprint density at radius 1 is 0.343 bits per heavy atom.